The summed E-state index contributed by atoms with van der Waals surface area (Å²) in [7, 11) is 2.19. The van der Waals surface area contributed by atoms with E-state index in [1.54, 1.807) is 0 Å². The van der Waals surface area contributed by atoms with Crippen molar-refractivity contribution in [1.29, 1.82) is 0 Å². The number of hydrogen-bond donors (Lipinski definition) is 0. The van der Waals surface area contributed by atoms with E-state index in [0.717, 1.165) is 34.1 Å². The van der Waals surface area contributed by atoms with Crippen molar-refractivity contribution in [3.05, 3.63) is 204 Å². The molecule has 0 atom stereocenters. The van der Waals surface area contributed by atoms with Crippen LogP contribution >= 0.6 is 0 Å². The van der Waals surface area contributed by atoms with Crippen molar-refractivity contribution in [2.45, 2.75) is 38.5 Å². The molecule has 3 nitrogen and oxygen atoms in total. The molecule has 1 heterocycles. The van der Waals surface area contributed by atoms with Crippen LogP contribution in [0.2, 0.25) is 0 Å². The van der Waals surface area contributed by atoms with Crippen LogP contribution in [0.25, 0.3) is 44.1 Å². The molecular weight excluding hydrogens is 703 g/mol. The zero-order chi connectivity index (χ0) is 39.3. The molecule has 0 fully saturated rings. The van der Waals surface area contributed by atoms with Crippen LogP contribution in [0.15, 0.2) is 182 Å². The number of benzene rings is 8. The predicted molar refractivity (Wildman–Crippen MR) is 245 cm³/mol. The second-order valence-corrected chi connectivity index (χ2v) is 17.1. The van der Waals surface area contributed by atoms with Gasteiger partial charge < -0.3 is 14.4 Å². The molecule has 0 N–H and O–H groups in total. The highest BCUT2D eigenvalue weighted by atomic mass is 15.1. The van der Waals surface area contributed by atoms with Crippen molar-refractivity contribution in [1.82, 2.24) is 4.57 Å². The van der Waals surface area contributed by atoms with Crippen LogP contribution in [-0.4, -0.2) is 4.57 Å². The summed E-state index contributed by atoms with van der Waals surface area (Å²) in [5.74, 6) is 0. The monoisotopic (exact) mass is 747 g/mol. The third kappa shape index (κ3) is 4.99. The van der Waals surface area contributed by atoms with Crippen molar-refractivity contribution >= 4 is 55.9 Å². The van der Waals surface area contributed by atoms with E-state index in [2.05, 4.69) is 231 Å². The molecule has 1 aromatic heterocycles. The number of hydrogen-bond acceptors (Lipinski definition) is 2. The van der Waals surface area contributed by atoms with Gasteiger partial charge in [-0.1, -0.05) is 125 Å². The van der Waals surface area contributed by atoms with Gasteiger partial charge in [0.25, 0.3) is 0 Å². The maximum atomic E-state index is 2.42. The van der Waals surface area contributed by atoms with Crippen LogP contribution in [0.4, 0.5) is 34.1 Å². The summed E-state index contributed by atoms with van der Waals surface area (Å²) < 4.78 is 2.34. The Morgan fingerprint density at radius 3 is 1.10 bits per heavy atom. The van der Waals surface area contributed by atoms with E-state index in [-0.39, 0.29) is 10.8 Å². The molecule has 0 unspecified atom stereocenters. The topological polar surface area (TPSA) is 11.4 Å². The van der Waals surface area contributed by atoms with Gasteiger partial charge in [-0.15, -0.1) is 0 Å². The molecule has 0 bridgehead atoms. The van der Waals surface area contributed by atoms with Crippen molar-refractivity contribution in [3.63, 3.8) is 0 Å². The molecule has 8 aromatic carbocycles. The second kappa shape index (κ2) is 12.6. The van der Waals surface area contributed by atoms with Gasteiger partial charge in [0.05, 0.1) is 0 Å². The molecule has 0 saturated carbocycles. The number of rotatable bonds is 6. The van der Waals surface area contributed by atoms with Crippen LogP contribution < -0.4 is 9.80 Å². The Morgan fingerprint density at radius 2 is 0.672 bits per heavy atom. The van der Waals surface area contributed by atoms with Crippen LogP contribution in [-0.2, 0) is 17.9 Å². The predicted octanol–water partition coefficient (Wildman–Crippen LogP) is 14.9. The van der Waals surface area contributed by atoms with Crippen molar-refractivity contribution in [2.75, 3.05) is 9.80 Å². The quantitative estimate of drug-likeness (QED) is 0.168. The molecule has 58 heavy (non-hydrogen) atoms. The maximum absolute atomic E-state index is 2.42. The first-order chi connectivity index (χ1) is 28.2. The molecular formula is C55H45N3. The highest BCUT2D eigenvalue weighted by Crippen LogP contribution is 2.52. The standard InChI is InChI=1S/C55H45N3/c1-54(2)48-22-14-12-20-42(48)44-28-24-40(34-50(44)54)57(36-16-8-6-9-17-36)38-26-30-52-46(32-38)47-33-39(27-31-53(47)56(52)5)58(37-18-10-7-11-19-37)41-25-29-45-43-21-13-15-23-49(43)55(3,4)51(45)35-41/h6-35H,1-5H3. The van der Waals surface area contributed by atoms with Gasteiger partial charge in [-0.2, -0.15) is 0 Å². The molecule has 0 spiro atoms. The summed E-state index contributed by atoms with van der Waals surface area (Å²) in [6.45, 7) is 9.43. The van der Waals surface area contributed by atoms with Crippen LogP contribution in [0.3, 0.4) is 0 Å². The van der Waals surface area contributed by atoms with Gasteiger partial charge in [0, 0.05) is 73.8 Å². The SMILES string of the molecule is Cn1c2ccc(N(c3ccccc3)c3ccc4c(c3)C(C)(C)c3ccccc3-4)cc2c2cc(N(c3ccccc3)c3ccc4c(c3)C(C)(C)c3ccccc3-4)ccc21. The van der Waals surface area contributed by atoms with E-state index < -0.39 is 0 Å². The highest BCUT2D eigenvalue weighted by molar-refractivity contribution is 6.11. The zero-order valence-corrected chi connectivity index (χ0v) is 33.7. The van der Waals surface area contributed by atoms with E-state index in [1.165, 1.54) is 66.3 Å². The molecule has 3 heteroatoms. The maximum Gasteiger partial charge on any atom is 0.0490 e. The fourth-order valence-electron chi connectivity index (χ4n) is 10.2. The molecule has 2 aliphatic carbocycles. The second-order valence-electron chi connectivity index (χ2n) is 17.1. The molecule has 2 aliphatic rings. The molecule has 9 aromatic rings. The van der Waals surface area contributed by atoms with Crippen LogP contribution in [0, 0.1) is 0 Å². The summed E-state index contributed by atoms with van der Waals surface area (Å²) in [5.41, 5.74) is 19.9. The Kier molecular flexibility index (Phi) is 7.46. The fraction of sp³-hybridized carbons (Fsp3) is 0.127. The average Bonchev–Trinajstić information content (AvgIpc) is 3.76. The lowest BCUT2D eigenvalue weighted by molar-refractivity contribution is 0.660. The molecule has 280 valence electrons. The lowest BCUT2D eigenvalue weighted by Gasteiger charge is -2.28. The third-order valence-corrected chi connectivity index (χ3v) is 13.2. The summed E-state index contributed by atoms with van der Waals surface area (Å²) in [4.78, 5) is 4.84. The van der Waals surface area contributed by atoms with Gasteiger partial charge in [0.15, 0.2) is 0 Å². The van der Waals surface area contributed by atoms with Gasteiger partial charge >= 0.3 is 0 Å². The molecule has 0 aliphatic heterocycles. The van der Waals surface area contributed by atoms with E-state index in [4.69, 9.17) is 0 Å². The first kappa shape index (κ1) is 34.4. The summed E-state index contributed by atoms with van der Waals surface area (Å²) in [6.07, 6.45) is 0. The molecule has 0 saturated heterocycles. The van der Waals surface area contributed by atoms with E-state index in [9.17, 15) is 0 Å². The Bertz CT molecular complexity index is 2870. The Labute approximate surface area is 341 Å². The van der Waals surface area contributed by atoms with Gasteiger partial charge in [-0.25, -0.2) is 0 Å². The number of anilines is 6. The number of fused-ring (bicyclic) bond motifs is 9. The van der Waals surface area contributed by atoms with Gasteiger partial charge in [-0.3, -0.25) is 0 Å². The Balaban J connectivity index is 1.07. The largest absolute Gasteiger partial charge is 0.344 e. The normalized spacial score (nSPS) is 14.2. The minimum atomic E-state index is -0.0938. The highest BCUT2D eigenvalue weighted by Gasteiger charge is 2.37. The zero-order valence-electron chi connectivity index (χ0n) is 33.7. The fourth-order valence-corrected chi connectivity index (χ4v) is 10.2. The van der Waals surface area contributed by atoms with Gasteiger partial charge in [0.1, 0.15) is 0 Å². The Morgan fingerprint density at radius 1 is 0.328 bits per heavy atom. The average molecular weight is 748 g/mol. The van der Waals surface area contributed by atoms with E-state index in [0.29, 0.717) is 0 Å². The first-order valence-corrected chi connectivity index (χ1v) is 20.4. The summed E-state index contributed by atoms with van der Waals surface area (Å²) in [6, 6.07) is 67.4. The lowest BCUT2D eigenvalue weighted by atomic mass is 9.82. The minimum absolute atomic E-state index is 0.0938. The lowest BCUT2D eigenvalue weighted by Crippen LogP contribution is -2.16. The van der Waals surface area contributed by atoms with Crippen molar-refractivity contribution in [3.8, 4) is 22.3 Å². The molecule has 0 amide bonds. The number of aromatic nitrogens is 1. The summed E-state index contributed by atoms with van der Waals surface area (Å²) in [5, 5.41) is 2.45. The first-order valence-electron chi connectivity index (χ1n) is 20.4. The minimum Gasteiger partial charge on any atom is -0.344 e. The third-order valence-electron chi connectivity index (χ3n) is 13.2. The van der Waals surface area contributed by atoms with Crippen LogP contribution in [0.1, 0.15) is 49.9 Å². The van der Waals surface area contributed by atoms with Crippen molar-refractivity contribution < 1.29 is 0 Å². The van der Waals surface area contributed by atoms with E-state index >= 15 is 0 Å². The van der Waals surface area contributed by atoms with Crippen LogP contribution in [0.5, 0.6) is 0 Å². The number of para-hydroxylation sites is 2. The number of aryl methyl sites for hydroxylation is 1. The van der Waals surface area contributed by atoms with Gasteiger partial charge in [0.2, 0.25) is 0 Å². The van der Waals surface area contributed by atoms with Gasteiger partial charge in [-0.05, 0) is 129 Å². The molecule has 11 rings (SSSR count). The summed E-state index contributed by atoms with van der Waals surface area (Å²) >= 11 is 0. The van der Waals surface area contributed by atoms with E-state index in [1.807, 2.05) is 0 Å². The van der Waals surface area contributed by atoms with Crippen molar-refractivity contribution in [2.24, 2.45) is 7.05 Å². The number of nitrogens with zero attached hydrogens (tertiary/aromatic N) is 3. The smallest absolute Gasteiger partial charge is 0.0490 e. The molecule has 0 radical (unpaired) electrons. The Hall–Kier alpha value is -6.84.